The van der Waals surface area contributed by atoms with Gasteiger partial charge in [0.1, 0.15) is 0 Å². The molecule has 0 heterocycles. The number of hydrogen-bond donors (Lipinski definition) is 0. The van der Waals surface area contributed by atoms with E-state index in [9.17, 15) is 0 Å². The van der Waals surface area contributed by atoms with Crippen molar-refractivity contribution in [2.75, 3.05) is 11.5 Å². The van der Waals surface area contributed by atoms with Gasteiger partial charge in [-0.15, -0.1) is 0 Å². The lowest BCUT2D eigenvalue weighted by Crippen LogP contribution is -2.30. The Morgan fingerprint density at radius 3 is 1.85 bits per heavy atom. The molecular formula is C39H43NO. The van der Waals surface area contributed by atoms with Crippen LogP contribution in [0.1, 0.15) is 64.5 Å². The van der Waals surface area contributed by atoms with E-state index in [1.54, 1.807) is 0 Å². The van der Waals surface area contributed by atoms with Crippen LogP contribution in [-0.2, 0) is 16.8 Å². The molecule has 0 aliphatic rings. The van der Waals surface area contributed by atoms with Gasteiger partial charge in [-0.1, -0.05) is 107 Å². The SMILES string of the molecule is CCCOC(CC)(CC)c1cc(-c2cc(N(c3ccccc3)c3ccccc3)cc3ccccc23)ccc1CCC. The number of rotatable bonds is 12. The summed E-state index contributed by atoms with van der Waals surface area (Å²) in [6.07, 6.45) is 5.11. The predicted molar refractivity (Wildman–Crippen MR) is 177 cm³/mol. The lowest BCUT2D eigenvalue weighted by molar-refractivity contribution is -0.0572. The standard InChI is InChI=1S/C39H43NO/c1-5-17-30-24-25-32(28-38(30)39(7-3,8-4)41-26-6-2)37-29-35(27-31-18-15-16-23-36(31)37)40(33-19-11-9-12-20-33)34-21-13-10-14-22-34/h9-16,18-25,27-29H,5-8,17,26H2,1-4H3. The number of anilines is 3. The number of aryl methyl sites for hydroxylation is 1. The second kappa shape index (κ2) is 13.2. The number of fused-ring (bicyclic) bond motifs is 1. The number of para-hydroxylation sites is 2. The lowest BCUT2D eigenvalue weighted by atomic mass is 9.81. The molecule has 5 rings (SSSR count). The molecule has 2 nitrogen and oxygen atoms in total. The number of ether oxygens (including phenoxy) is 1. The van der Waals surface area contributed by atoms with Gasteiger partial charge in [0.2, 0.25) is 0 Å². The second-order valence-electron chi connectivity index (χ2n) is 10.9. The summed E-state index contributed by atoms with van der Waals surface area (Å²) in [6, 6.07) is 41.9. The van der Waals surface area contributed by atoms with Gasteiger partial charge in [0.15, 0.2) is 0 Å². The first-order chi connectivity index (χ1) is 20.1. The van der Waals surface area contributed by atoms with Crippen LogP contribution in [0.4, 0.5) is 17.1 Å². The van der Waals surface area contributed by atoms with E-state index < -0.39 is 0 Å². The summed E-state index contributed by atoms with van der Waals surface area (Å²) >= 11 is 0. The zero-order valence-electron chi connectivity index (χ0n) is 25.1. The molecule has 5 aromatic carbocycles. The van der Waals surface area contributed by atoms with Crippen LogP contribution in [0.5, 0.6) is 0 Å². The first kappa shape index (κ1) is 28.6. The predicted octanol–water partition coefficient (Wildman–Crippen LogP) is 11.4. The molecule has 2 heteroatoms. The summed E-state index contributed by atoms with van der Waals surface area (Å²) in [4.78, 5) is 2.36. The third-order valence-corrected chi connectivity index (χ3v) is 8.29. The van der Waals surface area contributed by atoms with Crippen molar-refractivity contribution in [1.82, 2.24) is 0 Å². The van der Waals surface area contributed by atoms with Gasteiger partial charge in [-0.25, -0.2) is 0 Å². The number of benzene rings is 5. The van der Waals surface area contributed by atoms with Crippen molar-refractivity contribution < 1.29 is 4.74 Å². The molecule has 0 aliphatic heterocycles. The lowest BCUT2D eigenvalue weighted by Gasteiger charge is -2.35. The Morgan fingerprint density at radius 1 is 0.610 bits per heavy atom. The molecule has 0 aromatic heterocycles. The van der Waals surface area contributed by atoms with E-state index >= 15 is 0 Å². The Hall–Kier alpha value is -3.88. The Kier molecular flexibility index (Phi) is 9.21. The molecular weight excluding hydrogens is 498 g/mol. The van der Waals surface area contributed by atoms with E-state index in [2.05, 4.69) is 148 Å². The largest absolute Gasteiger partial charge is 0.370 e. The van der Waals surface area contributed by atoms with Gasteiger partial charge in [-0.2, -0.15) is 0 Å². The molecule has 0 spiro atoms. The smallest absolute Gasteiger partial charge is 0.0928 e. The summed E-state index contributed by atoms with van der Waals surface area (Å²) < 4.78 is 6.70. The first-order valence-corrected chi connectivity index (χ1v) is 15.3. The van der Waals surface area contributed by atoms with Crippen molar-refractivity contribution >= 4 is 27.8 Å². The van der Waals surface area contributed by atoms with E-state index in [0.717, 1.165) is 55.8 Å². The van der Waals surface area contributed by atoms with Gasteiger partial charge in [0.05, 0.1) is 5.60 Å². The summed E-state index contributed by atoms with van der Waals surface area (Å²) in [6.45, 7) is 9.79. The van der Waals surface area contributed by atoms with Crippen LogP contribution in [-0.4, -0.2) is 6.61 Å². The van der Waals surface area contributed by atoms with E-state index in [4.69, 9.17) is 4.74 Å². The Bertz CT molecular complexity index is 1510. The molecule has 0 bridgehead atoms. The number of nitrogens with zero attached hydrogens (tertiary/aromatic N) is 1. The fourth-order valence-corrected chi connectivity index (χ4v) is 6.13. The molecule has 0 amide bonds. The molecule has 0 fully saturated rings. The van der Waals surface area contributed by atoms with Gasteiger partial charge in [0, 0.05) is 23.7 Å². The zero-order chi connectivity index (χ0) is 28.7. The van der Waals surface area contributed by atoms with Crippen LogP contribution >= 0.6 is 0 Å². The van der Waals surface area contributed by atoms with Crippen molar-refractivity contribution in [3.63, 3.8) is 0 Å². The highest BCUT2D eigenvalue weighted by Gasteiger charge is 2.32. The van der Waals surface area contributed by atoms with E-state index in [0.29, 0.717) is 0 Å². The second-order valence-corrected chi connectivity index (χ2v) is 10.9. The molecule has 0 aliphatic carbocycles. The van der Waals surface area contributed by atoms with Crippen LogP contribution in [0, 0.1) is 0 Å². The maximum atomic E-state index is 6.70. The monoisotopic (exact) mass is 541 g/mol. The van der Waals surface area contributed by atoms with Crippen molar-refractivity contribution in [2.24, 2.45) is 0 Å². The summed E-state index contributed by atoms with van der Waals surface area (Å²) in [5.41, 5.74) is 8.41. The van der Waals surface area contributed by atoms with E-state index in [-0.39, 0.29) is 5.60 Å². The molecule has 0 atom stereocenters. The molecule has 0 unspecified atom stereocenters. The molecule has 41 heavy (non-hydrogen) atoms. The van der Waals surface area contributed by atoms with Gasteiger partial charge in [-0.05, 0) is 101 Å². The van der Waals surface area contributed by atoms with Crippen LogP contribution in [0.2, 0.25) is 0 Å². The van der Waals surface area contributed by atoms with Gasteiger partial charge in [-0.3, -0.25) is 0 Å². The molecule has 210 valence electrons. The van der Waals surface area contributed by atoms with Crippen LogP contribution in [0.25, 0.3) is 21.9 Å². The minimum absolute atomic E-state index is 0.274. The Morgan fingerprint density at radius 2 is 1.24 bits per heavy atom. The summed E-state index contributed by atoms with van der Waals surface area (Å²) in [5, 5.41) is 2.50. The highest BCUT2D eigenvalue weighted by molar-refractivity contribution is 6.01. The summed E-state index contributed by atoms with van der Waals surface area (Å²) in [7, 11) is 0. The van der Waals surface area contributed by atoms with Crippen LogP contribution in [0.15, 0.2) is 115 Å². The zero-order valence-corrected chi connectivity index (χ0v) is 25.1. The Balaban J connectivity index is 1.75. The van der Waals surface area contributed by atoms with Gasteiger partial charge in [0.25, 0.3) is 0 Å². The molecule has 5 aromatic rings. The first-order valence-electron chi connectivity index (χ1n) is 15.3. The minimum Gasteiger partial charge on any atom is -0.370 e. The van der Waals surface area contributed by atoms with Crippen molar-refractivity contribution in [3.8, 4) is 11.1 Å². The third-order valence-electron chi connectivity index (χ3n) is 8.29. The Labute approximate surface area is 246 Å². The fourth-order valence-electron chi connectivity index (χ4n) is 6.13. The van der Waals surface area contributed by atoms with Crippen LogP contribution < -0.4 is 4.90 Å². The maximum Gasteiger partial charge on any atom is 0.0928 e. The van der Waals surface area contributed by atoms with Crippen molar-refractivity contribution in [1.29, 1.82) is 0 Å². The number of hydrogen-bond acceptors (Lipinski definition) is 2. The third kappa shape index (κ3) is 5.94. The van der Waals surface area contributed by atoms with E-state index in [1.165, 1.54) is 33.0 Å². The minimum atomic E-state index is -0.274. The molecule has 0 radical (unpaired) electrons. The van der Waals surface area contributed by atoms with E-state index in [1.807, 2.05) is 0 Å². The molecule has 0 saturated heterocycles. The molecule has 0 saturated carbocycles. The normalized spacial score (nSPS) is 11.6. The quantitative estimate of drug-likeness (QED) is 0.156. The van der Waals surface area contributed by atoms with Gasteiger partial charge < -0.3 is 9.64 Å². The average molecular weight is 542 g/mol. The maximum absolute atomic E-state index is 6.70. The average Bonchev–Trinajstić information content (AvgIpc) is 3.03. The molecule has 0 N–H and O–H groups in total. The highest BCUT2D eigenvalue weighted by Crippen LogP contribution is 2.43. The van der Waals surface area contributed by atoms with Crippen molar-refractivity contribution in [2.45, 2.75) is 65.4 Å². The highest BCUT2D eigenvalue weighted by atomic mass is 16.5. The van der Waals surface area contributed by atoms with Crippen LogP contribution in [0.3, 0.4) is 0 Å². The summed E-state index contributed by atoms with van der Waals surface area (Å²) in [5.74, 6) is 0. The van der Waals surface area contributed by atoms with Gasteiger partial charge >= 0.3 is 0 Å². The topological polar surface area (TPSA) is 12.5 Å². The van der Waals surface area contributed by atoms with Crippen molar-refractivity contribution in [3.05, 3.63) is 126 Å². The fraction of sp³-hybridized carbons (Fsp3) is 0.282.